The molecule has 7 aromatic carbocycles. The van der Waals surface area contributed by atoms with Gasteiger partial charge in [-0.3, -0.25) is 9.59 Å². The number of para-hydroxylation sites is 2. The number of hydrogen-bond acceptors (Lipinski definition) is 2. The lowest BCUT2D eigenvalue weighted by Gasteiger charge is -2.15. The largest absolute Gasteiger partial charge is 0.309 e. The summed E-state index contributed by atoms with van der Waals surface area (Å²) >= 11 is 0. The van der Waals surface area contributed by atoms with Crippen molar-refractivity contribution in [2.24, 2.45) is 0 Å². The first-order valence-corrected chi connectivity index (χ1v) is 16.1. The molecule has 3 aromatic heterocycles. The molecule has 0 saturated heterocycles. The van der Waals surface area contributed by atoms with Crippen molar-refractivity contribution in [3.05, 3.63) is 178 Å². The summed E-state index contributed by atoms with van der Waals surface area (Å²) in [5.74, 6) is 0. The molecule has 224 valence electrons. The maximum Gasteiger partial charge on any atom is 0.266 e. The van der Waals surface area contributed by atoms with Crippen LogP contribution in [0.4, 0.5) is 0 Å². The third kappa shape index (κ3) is 3.71. The second-order valence-electron chi connectivity index (χ2n) is 12.5. The molecule has 4 heteroatoms. The van der Waals surface area contributed by atoms with Crippen molar-refractivity contribution in [1.29, 1.82) is 0 Å². The van der Waals surface area contributed by atoms with Gasteiger partial charge < -0.3 is 4.57 Å². The third-order valence-corrected chi connectivity index (χ3v) is 9.85. The van der Waals surface area contributed by atoms with Crippen LogP contribution in [-0.2, 0) is 0 Å². The minimum Gasteiger partial charge on any atom is -0.309 e. The molecule has 0 radical (unpaired) electrons. The predicted molar refractivity (Wildman–Crippen MR) is 199 cm³/mol. The highest BCUT2D eigenvalue weighted by molar-refractivity contribution is 6.19. The molecule has 0 fully saturated rings. The molecule has 0 aliphatic carbocycles. The molecule has 0 aliphatic heterocycles. The normalized spacial score (nSPS) is 11.9. The summed E-state index contributed by atoms with van der Waals surface area (Å²) in [7, 11) is 0. The molecule has 0 spiro atoms. The van der Waals surface area contributed by atoms with Crippen LogP contribution in [-0.4, -0.2) is 8.97 Å². The second-order valence-corrected chi connectivity index (χ2v) is 12.5. The summed E-state index contributed by atoms with van der Waals surface area (Å²) in [6.07, 6.45) is 0. The molecule has 0 N–H and O–H groups in total. The summed E-state index contributed by atoms with van der Waals surface area (Å²) in [4.78, 5) is 27.5. The standard InChI is InChI=1S/C44H26N2O2/c47-43-35-18-6-4-15-32(35)38-25-30(26-39-33-16-5-7-19-36(33)44(48)46(43)42(38)39)28-12-10-11-27(23-28)29-21-22-41-37(24-29)34-17-8-9-20-40(34)45(41)31-13-2-1-3-14-31/h1-26H. The summed E-state index contributed by atoms with van der Waals surface area (Å²) in [5, 5.41) is 6.98. The number of fused-ring (bicyclic) bond motifs is 7. The first-order chi connectivity index (χ1) is 23.7. The van der Waals surface area contributed by atoms with E-state index in [1.165, 1.54) is 26.2 Å². The zero-order valence-corrected chi connectivity index (χ0v) is 25.7. The van der Waals surface area contributed by atoms with Crippen molar-refractivity contribution in [2.45, 2.75) is 0 Å². The minimum absolute atomic E-state index is 0.280. The Kier molecular flexibility index (Phi) is 5.55. The zero-order chi connectivity index (χ0) is 31.9. The van der Waals surface area contributed by atoms with Crippen LogP contribution in [0, 0.1) is 0 Å². The van der Waals surface area contributed by atoms with Crippen molar-refractivity contribution in [1.82, 2.24) is 8.97 Å². The van der Waals surface area contributed by atoms with Gasteiger partial charge in [-0.25, -0.2) is 4.40 Å². The van der Waals surface area contributed by atoms with E-state index in [9.17, 15) is 9.59 Å². The summed E-state index contributed by atoms with van der Waals surface area (Å²) in [5.41, 5.74) is 7.94. The van der Waals surface area contributed by atoms with Crippen LogP contribution in [0.15, 0.2) is 167 Å². The van der Waals surface area contributed by atoms with E-state index >= 15 is 0 Å². The minimum atomic E-state index is -0.280. The predicted octanol–water partition coefficient (Wildman–Crippen LogP) is 9.99. The molecule has 48 heavy (non-hydrogen) atoms. The van der Waals surface area contributed by atoms with Gasteiger partial charge in [-0.1, -0.05) is 97.1 Å². The van der Waals surface area contributed by atoms with Gasteiger partial charge in [0.05, 0.1) is 16.6 Å². The molecule has 0 atom stereocenters. The van der Waals surface area contributed by atoms with Crippen LogP contribution >= 0.6 is 0 Å². The van der Waals surface area contributed by atoms with E-state index in [0.717, 1.165) is 49.5 Å². The lowest BCUT2D eigenvalue weighted by Crippen LogP contribution is -2.27. The van der Waals surface area contributed by atoms with Gasteiger partial charge in [0.2, 0.25) is 0 Å². The van der Waals surface area contributed by atoms with E-state index in [-0.39, 0.29) is 11.1 Å². The SMILES string of the molecule is O=c1c2ccccc2c2cc(-c3cccc(-c4ccc5c(c4)c4ccccc4n5-c4ccccc4)c3)cc3c4ccccc4c(=O)n1c23. The Labute approximate surface area is 274 Å². The maximum atomic E-state index is 13.7. The van der Waals surface area contributed by atoms with Gasteiger partial charge >= 0.3 is 0 Å². The van der Waals surface area contributed by atoms with E-state index in [4.69, 9.17) is 0 Å². The monoisotopic (exact) mass is 614 g/mol. The quantitative estimate of drug-likeness (QED) is 0.147. The maximum absolute atomic E-state index is 13.7. The van der Waals surface area contributed by atoms with Gasteiger partial charge in [0.25, 0.3) is 11.1 Å². The zero-order valence-electron chi connectivity index (χ0n) is 25.7. The topological polar surface area (TPSA) is 43.5 Å². The first-order valence-electron chi connectivity index (χ1n) is 16.1. The van der Waals surface area contributed by atoms with E-state index in [1.807, 2.05) is 54.6 Å². The molecule has 0 aliphatic rings. The van der Waals surface area contributed by atoms with Crippen molar-refractivity contribution in [3.63, 3.8) is 0 Å². The molecule has 0 saturated carbocycles. The molecular weight excluding hydrogens is 588 g/mol. The van der Waals surface area contributed by atoms with Crippen LogP contribution in [0.2, 0.25) is 0 Å². The fraction of sp³-hybridized carbons (Fsp3) is 0. The number of rotatable bonds is 3. The first kappa shape index (κ1) is 26.7. The Morgan fingerprint density at radius 3 is 1.50 bits per heavy atom. The molecule has 4 nitrogen and oxygen atoms in total. The number of aromatic nitrogens is 2. The summed E-state index contributed by atoms with van der Waals surface area (Å²) in [6, 6.07) is 53.9. The third-order valence-electron chi connectivity index (χ3n) is 9.85. The van der Waals surface area contributed by atoms with Gasteiger partial charge in [-0.15, -0.1) is 0 Å². The molecule has 0 bridgehead atoms. The highest BCUT2D eigenvalue weighted by atomic mass is 16.2. The Morgan fingerprint density at radius 2 is 0.833 bits per heavy atom. The van der Waals surface area contributed by atoms with E-state index in [1.54, 1.807) is 0 Å². The lowest BCUT2D eigenvalue weighted by atomic mass is 9.93. The van der Waals surface area contributed by atoms with E-state index in [0.29, 0.717) is 16.3 Å². The Bertz CT molecular complexity index is 2940. The number of benzene rings is 7. The van der Waals surface area contributed by atoms with Crippen molar-refractivity contribution in [3.8, 4) is 27.9 Å². The molecule has 10 aromatic rings. The second kappa shape index (κ2) is 9.99. The van der Waals surface area contributed by atoms with Gasteiger partial charge in [0.15, 0.2) is 0 Å². The van der Waals surface area contributed by atoms with Gasteiger partial charge in [0, 0.05) is 38.0 Å². The lowest BCUT2D eigenvalue weighted by molar-refractivity contribution is 1.09. The number of hydrogen-bond donors (Lipinski definition) is 0. The van der Waals surface area contributed by atoms with Crippen molar-refractivity contribution in [2.75, 3.05) is 0 Å². The van der Waals surface area contributed by atoms with E-state index < -0.39 is 0 Å². The van der Waals surface area contributed by atoms with E-state index in [2.05, 4.69) is 108 Å². The highest BCUT2D eigenvalue weighted by Crippen LogP contribution is 2.38. The fourth-order valence-electron chi connectivity index (χ4n) is 7.68. The van der Waals surface area contributed by atoms with Gasteiger partial charge in [-0.2, -0.15) is 0 Å². The van der Waals surface area contributed by atoms with Crippen LogP contribution in [0.25, 0.3) is 87.6 Å². The Morgan fingerprint density at radius 1 is 0.333 bits per heavy atom. The van der Waals surface area contributed by atoms with Crippen LogP contribution in [0.5, 0.6) is 0 Å². The molecule has 0 unspecified atom stereocenters. The van der Waals surface area contributed by atoms with Crippen molar-refractivity contribution >= 4 is 59.6 Å². The average molecular weight is 615 g/mol. The van der Waals surface area contributed by atoms with Gasteiger partial charge in [-0.05, 0) is 93.7 Å². The molecule has 10 rings (SSSR count). The highest BCUT2D eigenvalue weighted by Gasteiger charge is 2.19. The molecule has 0 amide bonds. The summed E-state index contributed by atoms with van der Waals surface area (Å²) in [6.45, 7) is 0. The van der Waals surface area contributed by atoms with Crippen molar-refractivity contribution < 1.29 is 0 Å². The summed E-state index contributed by atoms with van der Waals surface area (Å²) < 4.78 is 3.70. The smallest absolute Gasteiger partial charge is 0.266 e. The number of nitrogens with zero attached hydrogens (tertiary/aromatic N) is 2. The number of pyridine rings is 2. The van der Waals surface area contributed by atoms with Crippen LogP contribution < -0.4 is 11.1 Å². The van der Waals surface area contributed by atoms with Gasteiger partial charge in [0.1, 0.15) is 0 Å². The molecular formula is C44H26N2O2. The van der Waals surface area contributed by atoms with Crippen LogP contribution in [0.3, 0.4) is 0 Å². The Hall–Kier alpha value is -6.52. The Balaban J connectivity index is 1.21. The average Bonchev–Trinajstić information content (AvgIpc) is 3.48. The van der Waals surface area contributed by atoms with Crippen LogP contribution in [0.1, 0.15) is 0 Å². The fourth-order valence-corrected chi connectivity index (χ4v) is 7.68. The molecule has 3 heterocycles.